The molecule has 2 atom stereocenters. The number of sulfonamides is 1. The maximum absolute atomic E-state index is 12.7. The molecule has 2 unspecified atom stereocenters. The quantitative estimate of drug-likeness (QED) is 0.715. The molecule has 0 aliphatic carbocycles. The molecule has 158 valence electrons. The predicted molar refractivity (Wildman–Crippen MR) is 113 cm³/mol. The molecule has 0 spiro atoms. The van der Waals surface area contributed by atoms with E-state index in [1.165, 1.54) is 0 Å². The predicted octanol–water partition coefficient (Wildman–Crippen LogP) is 1.79. The third-order valence-corrected chi connectivity index (χ3v) is 6.89. The molecule has 2 aliphatic heterocycles. The molecule has 0 bridgehead atoms. The standard InChI is InChI=1S/C22H30N2O4S/c1-4-29(26,27)23-20-10-11-24(22(25)16(2)3)21(20)13-18-7-5-6-17(12-18)8-9-19-14-28-15-19/h5-7,12,16,19-21,23H,4,10-11,13-15H2,1-3H3. The fourth-order valence-electron chi connectivity index (χ4n) is 3.68. The number of rotatable bonds is 6. The van der Waals surface area contributed by atoms with Gasteiger partial charge >= 0.3 is 0 Å². The van der Waals surface area contributed by atoms with Gasteiger partial charge in [-0.15, -0.1) is 0 Å². The molecule has 2 heterocycles. The third kappa shape index (κ3) is 5.59. The van der Waals surface area contributed by atoms with E-state index in [4.69, 9.17) is 4.74 Å². The van der Waals surface area contributed by atoms with Gasteiger partial charge in [-0.2, -0.15) is 0 Å². The molecule has 0 aromatic heterocycles. The molecule has 1 N–H and O–H groups in total. The van der Waals surface area contributed by atoms with Crippen molar-refractivity contribution in [2.45, 2.75) is 45.7 Å². The Labute approximate surface area is 174 Å². The molecular formula is C22H30N2O4S. The van der Waals surface area contributed by atoms with Gasteiger partial charge in [0.05, 0.1) is 30.9 Å². The zero-order valence-corrected chi connectivity index (χ0v) is 18.2. The van der Waals surface area contributed by atoms with Crippen molar-refractivity contribution in [1.82, 2.24) is 9.62 Å². The molecule has 0 saturated carbocycles. The molecule has 6 nitrogen and oxygen atoms in total. The highest BCUT2D eigenvalue weighted by Crippen LogP contribution is 2.25. The summed E-state index contributed by atoms with van der Waals surface area (Å²) in [4.78, 5) is 14.6. The number of carbonyl (C=O) groups excluding carboxylic acids is 1. The first-order valence-electron chi connectivity index (χ1n) is 10.3. The molecule has 2 saturated heterocycles. The van der Waals surface area contributed by atoms with Gasteiger partial charge in [0.25, 0.3) is 0 Å². The number of likely N-dealkylation sites (tertiary alicyclic amines) is 1. The van der Waals surface area contributed by atoms with Crippen LogP contribution in [0.15, 0.2) is 24.3 Å². The van der Waals surface area contributed by atoms with Gasteiger partial charge in [0.15, 0.2) is 0 Å². The topological polar surface area (TPSA) is 75.7 Å². The van der Waals surface area contributed by atoms with E-state index in [1.54, 1.807) is 6.92 Å². The Morgan fingerprint density at radius 1 is 1.34 bits per heavy atom. The third-order valence-electron chi connectivity index (χ3n) is 5.46. The van der Waals surface area contributed by atoms with Crippen molar-refractivity contribution in [3.8, 4) is 11.8 Å². The van der Waals surface area contributed by atoms with Gasteiger partial charge in [-0.3, -0.25) is 4.79 Å². The molecular weight excluding hydrogens is 388 g/mol. The van der Waals surface area contributed by atoms with Gasteiger partial charge in [0.1, 0.15) is 0 Å². The second-order valence-electron chi connectivity index (χ2n) is 8.08. The van der Waals surface area contributed by atoms with Crippen LogP contribution in [0, 0.1) is 23.7 Å². The Morgan fingerprint density at radius 2 is 2.10 bits per heavy atom. The summed E-state index contributed by atoms with van der Waals surface area (Å²) in [5.74, 6) is 6.69. The van der Waals surface area contributed by atoms with Crippen LogP contribution in [-0.2, 0) is 26.0 Å². The van der Waals surface area contributed by atoms with E-state index in [9.17, 15) is 13.2 Å². The van der Waals surface area contributed by atoms with E-state index in [-0.39, 0.29) is 29.7 Å². The lowest BCUT2D eigenvalue weighted by Gasteiger charge is -2.30. The summed E-state index contributed by atoms with van der Waals surface area (Å²) in [6.07, 6.45) is 1.22. The van der Waals surface area contributed by atoms with Crippen LogP contribution >= 0.6 is 0 Å². The van der Waals surface area contributed by atoms with E-state index in [0.29, 0.717) is 38.5 Å². The summed E-state index contributed by atoms with van der Waals surface area (Å²) in [5, 5.41) is 0. The monoisotopic (exact) mass is 418 g/mol. The van der Waals surface area contributed by atoms with Crippen molar-refractivity contribution in [2.24, 2.45) is 11.8 Å². The zero-order valence-electron chi connectivity index (χ0n) is 17.3. The van der Waals surface area contributed by atoms with Crippen LogP contribution in [0.1, 0.15) is 38.3 Å². The smallest absolute Gasteiger partial charge is 0.225 e. The normalized spacial score (nSPS) is 22.3. The number of amides is 1. The largest absolute Gasteiger partial charge is 0.379 e. The lowest BCUT2D eigenvalue weighted by Crippen LogP contribution is -2.49. The van der Waals surface area contributed by atoms with Crippen LogP contribution < -0.4 is 4.72 Å². The molecule has 1 aromatic carbocycles. The fraction of sp³-hybridized carbons (Fsp3) is 0.591. The van der Waals surface area contributed by atoms with Gasteiger partial charge < -0.3 is 9.64 Å². The van der Waals surface area contributed by atoms with E-state index >= 15 is 0 Å². The molecule has 1 aromatic rings. The van der Waals surface area contributed by atoms with E-state index in [0.717, 1.165) is 11.1 Å². The van der Waals surface area contributed by atoms with Crippen molar-refractivity contribution >= 4 is 15.9 Å². The van der Waals surface area contributed by atoms with E-state index in [1.807, 2.05) is 43.0 Å². The van der Waals surface area contributed by atoms with Crippen LogP contribution in [0.3, 0.4) is 0 Å². The summed E-state index contributed by atoms with van der Waals surface area (Å²) < 4.78 is 32.3. The van der Waals surface area contributed by atoms with Crippen LogP contribution in [-0.4, -0.2) is 56.8 Å². The summed E-state index contributed by atoms with van der Waals surface area (Å²) in [5.41, 5.74) is 1.98. The van der Waals surface area contributed by atoms with Crippen molar-refractivity contribution in [3.05, 3.63) is 35.4 Å². The number of hydrogen-bond acceptors (Lipinski definition) is 4. The van der Waals surface area contributed by atoms with Crippen molar-refractivity contribution in [3.63, 3.8) is 0 Å². The zero-order chi connectivity index (χ0) is 21.0. The highest BCUT2D eigenvalue weighted by atomic mass is 32.2. The molecule has 3 rings (SSSR count). The first-order chi connectivity index (χ1) is 13.8. The Morgan fingerprint density at radius 3 is 2.72 bits per heavy atom. The van der Waals surface area contributed by atoms with Gasteiger partial charge in [-0.25, -0.2) is 13.1 Å². The number of hydrogen-bond donors (Lipinski definition) is 1. The Balaban J connectivity index is 1.80. The molecule has 2 aliphatic rings. The Hall–Kier alpha value is -1.88. The van der Waals surface area contributed by atoms with Gasteiger partial charge in [-0.1, -0.05) is 37.8 Å². The average molecular weight is 419 g/mol. The minimum absolute atomic E-state index is 0.0320. The minimum atomic E-state index is -3.34. The van der Waals surface area contributed by atoms with E-state index < -0.39 is 10.0 Å². The summed E-state index contributed by atoms with van der Waals surface area (Å²) in [6, 6.07) is 7.51. The second kappa shape index (κ2) is 9.29. The number of nitrogens with zero attached hydrogens (tertiary/aromatic N) is 1. The number of ether oxygens (including phenoxy) is 1. The molecule has 1 amide bonds. The highest BCUT2D eigenvalue weighted by molar-refractivity contribution is 7.89. The lowest BCUT2D eigenvalue weighted by atomic mass is 9.98. The second-order valence-corrected chi connectivity index (χ2v) is 10.1. The first kappa shape index (κ1) is 21.8. The molecule has 29 heavy (non-hydrogen) atoms. The Kier molecular flexibility index (Phi) is 6.99. The lowest BCUT2D eigenvalue weighted by molar-refractivity contribution is -0.135. The SMILES string of the molecule is CCS(=O)(=O)NC1CCN(C(=O)C(C)C)C1Cc1cccc(C#CC2COC2)c1. The maximum Gasteiger partial charge on any atom is 0.225 e. The van der Waals surface area contributed by atoms with Gasteiger partial charge in [-0.05, 0) is 37.5 Å². The van der Waals surface area contributed by atoms with E-state index in [2.05, 4.69) is 16.6 Å². The number of nitrogens with one attached hydrogen (secondary N) is 1. The number of carbonyl (C=O) groups is 1. The minimum Gasteiger partial charge on any atom is -0.379 e. The maximum atomic E-state index is 12.7. The fourth-order valence-corrected chi connectivity index (χ4v) is 4.59. The Bertz CT molecular complexity index is 897. The van der Waals surface area contributed by atoms with Crippen LogP contribution in [0.2, 0.25) is 0 Å². The van der Waals surface area contributed by atoms with Gasteiger partial charge in [0.2, 0.25) is 15.9 Å². The highest BCUT2D eigenvalue weighted by Gasteiger charge is 2.39. The van der Waals surface area contributed by atoms with Crippen LogP contribution in [0.25, 0.3) is 0 Å². The summed E-state index contributed by atoms with van der Waals surface area (Å²) >= 11 is 0. The van der Waals surface area contributed by atoms with Crippen molar-refractivity contribution in [2.75, 3.05) is 25.5 Å². The van der Waals surface area contributed by atoms with Gasteiger partial charge in [0, 0.05) is 24.1 Å². The molecule has 2 fully saturated rings. The molecule has 7 heteroatoms. The van der Waals surface area contributed by atoms with Crippen molar-refractivity contribution in [1.29, 1.82) is 0 Å². The van der Waals surface area contributed by atoms with Crippen LogP contribution in [0.4, 0.5) is 0 Å². The van der Waals surface area contributed by atoms with Crippen LogP contribution in [0.5, 0.6) is 0 Å². The molecule has 0 radical (unpaired) electrons. The number of benzene rings is 1. The first-order valence-corrected chi connectivity index (χ1v) is 11.9. The van der Waals surface area contributed by atoms with Crippen molar-refractivity contribution < 1.29 is 17.9 Å². The summed E-state index contributed by atoms with van der Waals surface area (Å²) in [7, 11) is -3.34. The average Bonchev–Trinajstić information content (AvgIpc) is 3.01. The summed E-state index contributed by atoms with van der Waals surface area (Å²) in [6.45, 7) is 7.34.